The van der Waals surface area contributed by atoms with E-state index in [1.54, 1.807) is 12.1 Å². The van der Waals surface area contributed by atoms with E-state index in [2.05, 4.69) is 11.8 Å². The predicted octanol–water partition coefficient (Wildman–Crippen LogP) is 2.33. The molecule has 98 valence electrons. The van der Waals surface area contributed by atoms with Crippen molar-refractivity contribution < 1.29 is 14.3 Å². The normalized spacial score (nSPS) is 14.9. The summed E-state index contributed by atoms with van der Waals surface area (Å²) in [6.07, 6.45) is 0.803. The van der Waals surface area contributed by atoms with E-state index in [-0.39, 0.29) is 18.6 Å². The Bertz CT molecular complexity index is 445. The largest absolute Gasteiger partial charge is 0.454 e. The molecule has 0 radical (unpaired) electrons. The maximum absolute atomic E-state index is 12.4. The summed E-state index contributed by atoms with van der Waals surface area (Å²) in [6, 6.07) is 5.31. The molecule has 0 aliphatic carbocycles. The van der Waals surface area contributed by atoms with E-state index in [9.17, 15) is 4.79 Å². The van der Waals surface area contributed by atoms with Gasteiger partial charge in [0.2, 0.25) is 6.79 Å². The molecule has 1 aromatic rings. The number of likely N-dealkylation sites (N-methyl/N-ethyl adjacent to an activating group) is 1. The number of carbonyl (C=O) groups is 1. The van der Waals surface area contributed by atoms with Gasteiger partial charge in [-0.25, -0.2) is 0 Å². The fourth-order valence-electron chi connectivity index (χ4n) is 2.16. The van der Waals surface area contributed by atoms with Crippen LogP contribution in [0.4, 0.5) is 0 Å². The number of hydrogen-bond donors (Lipinski definition) is 0. The molecule has 0 saturated carbocycles. The molecule has 4 nitrogen and oxygen atoms in total. The average molecular weight is 249 g/mol. The van der Waals surface area contributed by atoms with Crippen molar-refractivity contribution >= 4 is 5.78 Å². The van der Waals surface area contributed by atoms with Crippen LogP contribution in [0.1, 0.15) is 30.6 Å². The summed E-state index contributed by atoms with van der Waals surface area (Å²) in [5.41, 5.74) is 0.686. The zero-order chi connectivity index (χ0) is 13.1. The first-order valence-electron chi connectivity index (χ1n) is 6.31. The molecule has 18 heavy (non-hydrogen) atoms. The molecular formula is C14H19NO3. The fourth-order valence-corrected chi connectivity index (χ4v) is 2.16. The van der Waals surface area contributed by atoms with E-state index in [0.717, 1.165) is 13.0 Å². The molecule has 0 amide bonds. The standard InChI is InChI=1S/C14H19NO3/c1-4-11(15(3)5-2)14(16)10-6-7-12-13(8-10)18-9-17-12/h6-8,11H,4-5,9H2,1-3H3. The van der Waals surface area contributed by atoms with Gasteiger partial charge in [0, 0.05) is 5.56 Å². The van der Waals surface area contributed by atoms with Crippen molar-refractivity contribution in [1.29, 1.82) is 0 Å². The second-order valence-corrected chi connectivity index (χ2v) is 4.43. The first-order chi connectivity index (χ1) is 8.67. The molecule has 0 fully saturated rings. The molecule has 1 aliphatic rings. The predicted molar refractivity (Wildman–Crippen MR) is 69.3 cm³/mol. The Kier molecular flexibility index (Phi) is 3.87. The van der Waals surface area contributed by atoms with E-state index in [4.69, 9.17) is 9.47 Å². The van der Waals surface area contributed by atoms with Crippen LogP contribution < -0.4 is 9.47 Å². The monoisotopic (exact) mass is 249 g/mol. The molecule has 1 heterocycles. The lowest BCUT2D eigenvalue weighted by Gasteiger charge is -2.24. The number of benzene rings is 1. The van der Waals surface area contributed by atoms with Gasteiger partial charge in [0.15, 0.2) is 17.3 Å². The maximum atomic E-state index is 12.4. The van der Waals surface area contributed by atoms with Crippen LogP contribution in [0.2, 0.25) is 0 Å². The zero-order valence-corrected chi connectivity index (χ0v) is 11.1. The van der Waals surface area contributed by atoms with Crippen LogP contribution in [0.25, 0.3) is 0 Å². The number of Topliss-reactive ketones (excluding diaryl/α,β-unsaturated/α-hetero) is 1. The molecule has 0 bridgehead atoms. The topological polar surface area (TPSA) is 38.8 Å². The van der Waals surface area contributed by atoms with Crippen LogP contribution in [0.15, 0.2) is 18.2 Å². The number of nitrogens with zero attached hydrogens (tertiary/aromatic N) is 1. The third kappa shape index (κ3) is 2.34. The summed E-state index contributed by atoms with van der Waals surface area (Å²) in [4.78, 5) is 14.5. The van der Waals surface area contributed by atoms with Gasteiger partial charge < -0.3 is 9.47 Å². The lowest BCUT2D eigenvalue weighted by Crippen LogP contribution is -2.37. The highest BCUT2D eigenvalue weighted by atomic mass is 16.7. The third-order valence-electron chi connectivity index (χ3n) is 3.38. The number of rotatable bonds is 5. The van der Waals surface area contributed by atoms with Gasteiger partial charge in [-0.2, -0.15) is 0 Å². The van der Waals surface area contributed by atoms with E-state index in [0.29, 0.717) is 17.1 Å². The summed E-state index contributed by atoms with van der Waals surface area (Å²) < 4.78 is 10.5. The molecule has 0 aromatic heterocycles. The Balaban J connectivity index is 2.22. The van der Waals surface area contributed by atoms with Gasteiger partial charge in [0.25, 0.3) is 0 Å². The van der Waals surface area contributed by atoms with Crippen molar-refractivity contribution in [2.24, 2.45) is 0 Å². The Morgan fingerprint density at radius 3 is 2.72 bits per heavy atom. The van der Waals surface area contributed by atoms with E-state index in [1.807, 2.05) is 20.0 Å². The minimum atomic E-state index is -0.0737. The highest BCUT2D eigenvalue weighted by molar-refractivity contribution is 6.00. The first kappa shape index (κ1) is 12.9. The third-order valence-corrected chi connectivity index (χ3v) is 3.38. The Morgan fingerprint density at radius 1 is 1.33 bits per heavy atom. The number of ether oxygens (including phenoxy) is 2. The van der Waals surface area contributed by atoms with Crippen molar-refractivity contribution in [3.8, 4) is 11.5 Å². The highest BCUT2D eigenvalue weighted by Gasteiger charge is 2.23. The van der Waals surface area contributed by atoms with Crippen molar-refractivity contribution in [2.45, 2.75) is 26.3 Å². The van der Waals surface area contributed by atoms with Gasteiger partial charge in [-0.1, -0.05) is 13.8 Å². The molecule has 1 unspecified atom stereocenters. The summed E-state index contributed by atoms with van der Waals surface area (Å²) in [5, 5.41) is 0. The Hall–Kier alpha value is -1.55. The number of hydrogen-bond acceptors (Lipinski definition) is 4. The van der Waals surface area contributed by atoms with Crippen LogP contribution in [0.5, 0.6) is 11.5 Å². The summed E-state index contributed by atoms with van der Waals surface area (Å²) >= 11 is 0. The van der Waals surface area contributed by atoms with Gasteiger partial charge in [0.1, 0.15) is 0 Å². The minimum Gasteiger partial charge on any atom is -0.454 e. The van der Waals surface area contributed by atoms with Crippen molar-refractivity contribution in [1.82, 2.24) is 4.90 Å². The number of ketones is 1. The van der Waals surface area contributed by atoms with Crippen LogP contribution in [-0.2, 0) is 0 Å². The van der Waals surface area contributed by atoms with Crippen LogP contribution in [0.3, 0.4) is 0 Å². The molecule has 1 aromatic carbocycles. The van der Waals surface area contributed by atoms with Gasteiger partial charge in [-0.3, -0.25) is 9.69 Å². The number of carbonyl (C=O) groups excluding carboxylic acids is 1. The van der Waals surface area contributed by atoms with E-state index >= 15 is 0 Å². The molecule has 0 N–H and O–H groups in total. The van der Waals surface area contributed by atoms with Crippen LogP contribution in [-0.4, -0.2) is 37.1 Å². The second-order valence-electron chi connectivity index (χ2n) is 4.43. The lowest BCUT2D eigenvalue weighted by atomic mass is 10.0. The molecule has 1 atom stereocenters. The Morgan fingerprint density at radius 2 is 2.06 bits per heavy atom. The number of fused-ring (bicyclic) bond motifs is 1. The van der Waals surface area contributed by atoms with Crippen molar-refractivity contribution in [3.63, 3.8) is 0 Å². The fraction of sp³-hybridized carbons (Fsp3) is 0.500. The SMILES string of the molecule is CCC(C(=O)c1ccc2c(c1)OCO2)N(C)CC. The molecule has 2 rings (SSSR count). The van der Waals surface area contributed by atoms with Crippen LogP contribution >= 0.6 is 0 Å². The second kappa shape index (κ2) is 5.40. The zero-order valence-electron chi connectivity index (χ0n) is 11.1. The molecule has 1 aliphatic heterocycles. The molecule has 0 spiro atoms. The highest BCUT2D eigenvalue weighted by Crippen LogP contribution is 2.33. The van der Waals surface area contributed by atoms with Gasteiger partial charge in [0.05, 0.1) is 6.04 Å². The summed E-state index contributed by atoms with van der Waals surface area (Å²) in [7, 11) is 1.97. The maximum Gasteiger partial charge on any atom is 0.231 e. The lowest BCUT2D eigenvalue weighted by molar-refractivity contribution is 0.0851. The molecule has 0 saturated heterocycles. The first-order valence-corrected chi connectivity index (χ1v) is 6.31. The summed E-state index contributed by atoms with van der Waals surface area (Å²) in [6.45, 7) is 5.17. The minimum absolute atomic E-state index is 0.0737. The van der Waals surface area contributed by atoms with Crippen LogP contribution in [0, 0.1) is 0 Å². The Labute approximate surface area is 107 Å². The summed E-state index contributed by atoms with van der Waals surface area (Å²) in [5.74, 6) is 1.51. The quantitative estimate of drug-likeness (QED) is 0.751. The smallest absolute Gasteiger partial charge is 0.231 e. The molecular weight excluding hydrogens is 230 g/mol. The van der Waals surface area contributed by atoms with Gasteiger partial charge in [-0.15, -0.1) is 0 Å². The van der Waals surface area contributed by atoms with E-state index < -0.39 is 0 Å². The van der Waals surface area contributed by atoms with Crippen molar-refractivity contribution in [2.75, 3.05) is 20.4 Å². The van der Waals surface area contributed by atoms with Gasteiger partial charge >= 0.3 is 0 Å². The van der Waals surface area contributed by atoms with Gasteiger partial charge in [-0.05, 0) is 38.2 Å². The average Bonchev–Trinajstić information content (AvgIpc) is 2.86. The van der Waals surface area contributed by atoms with Crippen molar-refractivity contribution in [3.05, 3.63) is 23.8 Å². The van der Waals surface area contributed by atoms with E-state index in [1.165, 1.54) is 0 Å². The molecule has 4 heteroatoms.